The Kier molecular flexibility index (Phi) is 5.50. The van der Waals surface area contributed by atoms with Crippen LogP contribution < -0.4 is 10.3 Å². The number of ether oxygens (including phenoxy) is 1. The van der Waals surface area contributed by atoms with E-state index < -0.39 is 0 Å². The first-order valence-corrected chi connectivity index (χ1v) is 12.6. The molecule has 0 N–H and O–H groups in total. The van der Waals surface area contributed by atoms with E-state index in [2.05, 4.69) is 0 Å². The van der Waals surface area contributed by atoms with Crippen LogP contribution in [0.15, 0.2) is 101 Å². The zero-order valence-electron chi connectivity index (χ0n) is 19.6. The summed E-state index contributed by atoms with van der Waals surface area (Å²) >= 11 is 1.49. The molecule has 7 nitrogen and oxygen atoms in total. The summed E-state index contributed by atoms with van der Waals surface area (Å²) in [4.78, 5) is 23.8. The number of nitrogens with zero attached hydrogens (tertiary/aromatic N) is 5. The summed E-state index contributed by atoms with van der Waals surface area (Å²) in [7, 11) is 0. The van der Waals surface area contributed by atoms with E-state index in [1.165, 1.54) is 16.3 Å². The van der Waals surface area contributed by atoms with E-state index in [4.69, 9.17) is 19.8 Å². The Morgan fingerprint density at radius 2 is 1.39 bits per heavy atom. The zero-order valence-corrected chi connectivity index (χ0v) is 20.4. The van der Waals surface area contributed by atoms with Gasteiger partial charge in [0.2, 0.25) is 0 Å². The molecule has 176 valence electrons. The van der Waals surface area contributed by atoms with E-state index in [1.807, 2.05) is 104 Å². The van der Waals surface area contributed by atoms with Crippen molar-refractivity contribution in [1.29, 1.82) is 0 Å². The summed E-state index contributed by atoms with van der Waals surface area (Å²) in [6.45, 7) is 1.83. The normalized spacial score (nSPS) is 11.3. The molecule has 3 heterocycles. The number of aryl methyl sites for hydroxylation is 1. The number of hydrogen-bond acceptors (Lipinski definition) is 6. The maximum Gasteiger partial charge on any atom is 0.310 e. The molecule has 0 amide bonds. The summed E-state index contributed by atoms with van der Waals surface area (Å²) in [5.41, 5.74) is 3.04. The molecular weight excluding hydrogens is 470 g/mol. The van der Waals surface area contributed by atoms with Crippen LogP contribution in [0.4, 0.5) is 0 Å². The lowest BCUT2D eigenvalue weighted by Gasteiger charge is -2.15. The van der Waals surface area contributed by atoms with Gasteiger partial charge in [-0.3, -0.25) is 4.79 Å². The minimum atomic E-state index is -0.247. The summed E-state index contributed by atoms with van der Waals surface area (Å²) in [5, 5.41) is 6.72. The monoisotopic (exact) mass is 491 g/mol. The quantitative estimate of drug-likeness (QED) is 0.278. The molecule has 0 fully saturated rings. The molecule has 36 heavy (non-hydrogen) atoms. The highest BCUT2D eigenvalue weighted by Gasteiger charge is 2.24. The highest BCUT2D eigenvalue weighted by Crippen LogP contribution is 2.34. The van der Waals surface area contributed by atoms with Gasteiger partial charge in [0.05, 0.1) is 33.4 Å². The van der Waals surface area contributed by atoms with Crippen LogP contribution in [-0.2, 0) is 0 Å². The average molecular weight is 492 g/mol. The number of para-hydroxylation sites is 3. The van der Waals surface area contributed by atoms with Crippen molar-refractivity contribution in [3.05, 3.63) is 107 Å². The number of rotatable bonds is 5. The van der Waals surface area contributed by atoms with Gasteiger partial charge < -0.3 is 4.74 Å². The fourth-order valence-corrected chi connectivity index (χ4v) is 4.84. The lowest BCUT2D eigenvalue weighted by Crippen LogP contribution is -2.22. The van der Waals surface area contributed by atoms with Gasteiger partial charge in [0.15, 0.2) is 5.65 Å². The highest BCUT2D eigenvalue weighted by molar-refractivity contribution is 7.98. The minimum absolute atomic E-state index is 0.177. The number of pyridine rings is 1. The van der Waals surface area contributed by atoms with Crippen molar-refractivity contribution in [2.45, 2.75) is 11.9 Å². The van der Waals surface area contributed by atoms with E-state index in [0.717, 1.165) is 16.1 Å². The summed E-state index contributed by atoms with van der Waals surface area (Å²) < 4.78 is 9.50. The van der Waals surface area contributed by atoms with Crippen molar-refractivity contribution in [2.75, 3.05) is 6.26 Å². The molecular formula is C28H21N5O2S. The van der Waals surface area contributed by atoms with Gasteiger partial charge in [0.25, 0.3) is 5.56 Å². The number of thioether (sulfide) groups is 1. The van der Waals surface area contributed by atoms with Crippen LogP contribution in [0.1, 0.15) is 5.69 Å². The van der Waals surface area contributed by atoms with E-state index in [0.29, 0.717) is 33.7 Å². The SMILES string of the molecule is CSc1nn(-c2ccccc2)c2nc(C)c3c(=O)n(-c4ccccc4)c(Oc4ccccc4)nc3c12. The predicted octanol–water partition coefficient (Wildman–Crippen LogP) is 5.94. The van der Waals surface area contributed by atoms with Gasteiger partial charge in [0, 0.05) is 0 Å². The second kappa shape index (κ2) is 8.98. The summed E-state index contributed by atoms with van der Waals surface area (Å²) in [6, 6.07) is 28.7. The third kappa shape index (κ3) is 3.63. The molecule has 0 atom stereocenters. The summed E-state index contributed by atoms with van der Waals surface area (Å²) in [6.07, 6.45) is 1.95. The second-order valence-corrected chi connectivity index (χ2v) is 8.96. The van der Waals surface area contributed by atoms with E-state index in [9.17, 15) is 4.79 Å². The van der Waals surface area contributed by atoms with Crippen LogP contribution in [0, 0.1) is 6.92 Å². The van der Waals surface area contributed by atoms with Crippen molar-refractivity contribution in [1.82, 2.24) is 24.3 Å². The Morgan fingerprint density at radius 1 is 0.778 bits per heavy atom. The lowest BCUT2D eigenvalue weighted by atomic mass is 10.2. The van der Waals surface area contributed by atoms with E-state index in [-0.39, 0.29) is 11.6 Å². The molecule has 6 rings (SSSR count). The fourth-order valence-electron chi connectivity index (χ4n) is 4.28. The van der Waals surface area contributed by atoms with Gasteiger partial charge in [0.1, 0.15) is 10.8 Å². The predicted molar refractivity (Wildman–Crippen MR) is 143 cm³/mol. The molecule has 0 bridgehead atoms. The summed E-state index contributed by atoms with van der Waals surface area (Å²) in [5.74, 6) is 0.584. The van der Waals surface area contributed by atoms with E-state index >= 15 is 0 Å². The Morgan fingerprint density at radius 3 is 2.03 bits per heavy atom. The molecule has 3 aromatic heterocycles. The largest absolute Gasteiger partial charge is 0.425 e. The molecule has 3 aromatic carbocycles. The molecule has 0 aliphatic rings. The molecule has 0 unspecified atom stereocenters. The topological polar surface area (TPSA) is 74.8 Å². The Bertz CT molecular complexity index is 1770. The van der Waals surface area contributed by atoms with Crippen molar-refractivity contribution in [2.24, 2.45) is 0 Å². The number of fused-ring (bicyclic) bond motifs is 3. The molecule has 8 heteroatoms. The molecule has 0 spiro atoms. The first-order chi connectivity index (χ1) is 17.7. The standard InChI is InChI=1S/C28H21N5O2S/c1-18-22-24(23-25(29-18)33(31-26(23)36-2)20-14-8-4-9-15-20)30-28(35-21-16-10-5-11-17-21)32(27(22)34)19-12-6-3-7-13-19/h3-17H,1-2H3. The first kappa shape index (κ1) is 22.1. The van der Waals surface area contributed by atoms with Gasteiger partial charge in [-0.15, -0.1) is 11.8 Å². The van der Waals surface area contributed by atoms with Crippen LogP contribution in [0.3, 0.4) is 0 Å². The molecule has 0 aliphatic heterocycles. The molecule has 0 radical (unpaired) electrons. The third-order valence-electron chi connectivity index (χ3n) is 5.91. The number of aromatic nitrogens is 5. The minimum Gasteiger partial charge on any atom is -0.425 e. The maximum atomic E-state index is 14.0. The second-order valence-electron chi connectivity index (χ2n) is 8.16. The van der Waals surface area contributed by atoms with Crippen LogP contribution in [0.5, 0.6) is 11.8 Å². The van der Waals surface area contributed by atoms with Gasteiger partial charge in [-0.05, 0) is 49.6 Å². The van der Waals surface area contributed by atoms with Crippen molar-refractivity contribution < 1.29 is 4.74 Å². The van der Waals surface area contributed by atoms with Crippen LogP contribution in [0.2, 0.25) is 0 Å². The Labute approximate surface area is 211 Å². The zero-order chi connectivity index (χ0) is 24.6. The van der Waals surface area contributed by atoms with Crippen LogP contribution >= 0.6 is 11.8 Å². The Hall–Kier alpha value is -4.43. The third-order valence-corrected chi connectivity index (χ3v) is 6.59. The van der Waals surface area contributed by atoms with Crippen molar-refractivity contribution >= 4 is 33.7 Å². The molecule has 6 aromatic rings. The maximum absolute atomic E-state index is 14.0. The van der Waals surface area contributed by atoms with Crippen LogP contribution in [0.25, 0.3) is 33.3 Å². The first-order valence-electron chi connectivity index (χ1n) is 11.4. The van der Waals surface area contributed by atoms with Crippen molar-refractivity contribution in [3.8, 4) is 23.1 Å². The van der Waals surface area contributed by atoms with Gasteiger partial charge in [-0.2, -0.15) is 10.1 Å². The fraction of sp³-hybridized carbons (Fsp3) is 0.0714. The Balaban J connectivity index is 1.72. The van der Waals surface area contributed by atoms with Gasteiger partial charge in [-0.25, -0.2) is 14.2 Å². The number of hydrogen-bond donors (Lipinski definition) is 0. The lowest BCUT2D eigenvalue weighted by molar-refractivity contribution is 0.427. The average Bonchev–Trinajstić information content (AvgIpc) is 3.29. The molecule has 0 aliphatic carbocycles. The van der Waals surface area contributed by atoms with E-state index in [1.54, 1.807) is 4.68 Å². The molecule has 0 saturated carbocycles. The number of benzene rings is 3. The molecule has 0 saturated heterocycles. The van der Waals surface area contributed by atoms with Gasteiger partial charge >= 0.3 is 6.01 Å². The smallest absolute Gasteiger partial charge is 0.310 e. The van der Waals surface area contributed by atoms with Crippen LogP contribution in [-0.4, -0.2) is 30.6 Å². The van der Waals surface area contributed by atoms with Gasteiger partial charge in [-0.1, -0.05) is 54.6 Å². The highest BCUT2D eigenvalue weighted by atomic mass is 32.2. The van der Waals surface area contributed by atoms with Crippen molar-refractivity contribution in [3.63, 3.8) is 0 Å².